The first-order valence-electron chi connectivity index (χ1n) is 11.2. The van der Waals surface area contributed by atoms with Crippen LogP contribution < -0.4 is 0 Å². The number of nitrogens with zero attached hydrogens (tertiary/aromatic N) is 2. The first-order valence-corrected chi connectivity index (χ1v) is 11.2. The van der Waals surface area contributed by atoms with E-state index in [-0.39, 0.29) is 5.97 Å². The molecule has 0 aromatic carbocycles. The van der Waals surface area contributed by atoms with Gasteiger partial charge in [-0.15, -0.1) is 5.06 Å². The Balaban J connectivity index is 2.56. The zero-order valence-corrected chi connectivity index (χ0v) is 17.8. The van der Waals surface area contributed by atoms with Crippen LogP contribution in [0.2, 0.25) is 0 Å². The lowest BCUT2D eigenvalue weighted by Crippen LogP contribution is -2.38. The van der Waals surface area contributed by atoms with Crippen molar-refractivity contribution in [3.05, 3.63) is 0 Å². The van der Waals surface area contributed by atoms with Crippen LogP contribution in [-0.4, -0.2) is 49.2 Å². The lowest BCUT2D eigenvalue weighted by atomic mass is 10.00. The van der Waals surface area contributed by atoms with Crippen molar-refractivity contribution in [1.29, 1.82) is 0 Å². The number of rotatable bonds is 6. The quantitative estimate of drug-likeness (QED) is 0.574. The molecule has 0 aromatic heterocycles. The maximum Gasteiger partial charge on any atom is 0.322 e. The van der Waals surface area contributed by atoms with Crippen LogP contribution in [0.4, 0.5) is 0 Å². The molecule has 26 heavy (non-hydrogen) atoms. The summed E-state index contributed by atoms with van der Waals surface area (Å²) >= 11 is 0. The Labute approximate surface area is 162 Å². The van der Waals surface area contributed by atoms with E-state index in [2.05, 4.69) is 19.0 Å². The maximum absolute atomic E-state index is 11.6. The summed E-state index contributed by atoms with van der Waals surface area (Å²) in [6.45, 7) is 3.42. The molecule has 1 saturated carbocycles. The molecule has 0 aliphatic heterocycles. The van der Waals surface area contributed by atoms with Crippen molar-refractivity contribution in [2.24, 2.45) is 0 Å². The zero-order chi connectivity index (χ0) is 19.0. The van der Waals surface area contributed by atoms with Crippen molar-refractivity contribution in [2.75, 3.05) is 27.2 Å². The Morgan fingerprint density at radius 3 is 1.58 bits per heavy atom. The van der Waals surface area contributed by atoms with Crippen molar-refractivity contribution in [3.8, 4) is 0 Å². The summed E-state index contributed by atoms with van der Waals surface area (Å²) in [5.41, 5.74) is 0. The van der Waals surface area contributed by atoms with Gasteiger partial charge in [-0.2, -0.15) is 0 Å². The van der Waals surface area contributed by atoms with E-state index in [0.717, 1.165) is 32.4 Å². The molecule has 1 rings (SSSR count). The summed E-state index contributed by atoms with van der Waals surface area (Å²) < 4.78 is 0. The molecule has 0 heterocycles. The van der Waals surface area contributed by atoms with Crippen molar-refractivity contribution >= 4 is 5.97 Å². The first-order chi connectivity index (χ1) is 12.6. The van der Waals surface area contributed by atoms with Gasteiger partial charge in [0.05, 0.1) is 0 Å². The van der Waals surface area contributed by atoms with Crippen LogP contribution in [0.1, 0.15) is 103 Å². The molecule has 4 heteroatoms. The highest BCUT2D eigenvalue weighted by atomic mass is 16.7. The zero-order valence-electron chi connectivity index (χ0n) is 17.8. The number of hydrogen-bond acceptors (Lipinski definition) is 4. The molecule has 0 aromatic rings. The molecule has 0 unspecified atom stereocenters. The predicted molar refractivity (Wildman–Crippen MR) is 110 cm³/mol. The van der Waals surface area contributed by atoms with E-state index in [1.165, 1.54) is 84.0 Å². The fraction of sp³-hybridized carbons (Fsp3) is 0.955. The van der Waals surface area contributed by atoms with E-state index in [0.29, 0.717) is 6.04 Å². The maximum atomic E-state index is 11.6. The standard InChI is InChI=1S/C22H44N2O2/c1-21(25)26-24(20-16-19-23(2)3)22-17-14-12-10-8-6-4-5-7-9-11-13-15-18-22/h22H,4-20H2,1-3H3. The molecule has 4 nitrogen and oxygen atoms in total. The third-order valence-corrected chi connectivity index (χ3v) is 5.46. The molecule has 0 bridgehead atoms. The van der Waals surface area contributed by atoms with Gasteiger partial charge in [-0.05, 0) is 39.9 Å². The van der Waals surface area contributed by atoms with Crippen molar-refractivity contribution in [1.82, 2.24) is 9.96 Å². The van der Waals surface area contributed by atoms with Crippen LogP contribution >= 0.6 is 0 Å². The molecule has 154 valence electrons. The molecule has 0 saturated heterocycles. The Morgan fingerprint density at radius 2 is 1.19 bits per heavy atom. The van der Waals surface area contributed by atoms with Crippen LogP contribution in [-0.2, 0) is 9.63 Å². The second kappa shape index (κ2) is 15.4. The fourth-order valence-corrected chi connectivity index (χ4v) is 3.97. The van der Waals surface area contributed by atoms with Gasteiger partial charge >= 0.3 is 5.97 Å². The summed E-state index contributed by atoms with van der Waals surface area (Å²) in [5.74, 6) is -0.175. The van der Waals surface area contributed by atoms with Gasteiger partial charge in [0.15, 0.2) is 0 Å². The Hall–Kier alpha value is -0.610. The van der Waals surface area contributed by atoms with Gasteiger partial charge in [-0.3, -0.25) is 4.79 Å². The Morgan fingerprint density at radius 1 is 0.769 bits per heavy atom. The molecular formula is C22H44N2O2. The van der Waals surface area contributed by atoms with Gasteiger partial charge in [0, 0.05) is 19.5 Å². The highest BCUT2D eigenvalue weighted by molar-refractivity contribution is 5.65. The number of hydrogen-bond donors (Lipinski definition) is 0. The topological polar surface area (TPSA) is 32.8 Å². The van der Waals surface area contributed by atoms with Gasteiger partial charge in [-0.25, -0.2) is 0 Å². The van der Waals surface area contributed by atoms with Gasteiger partial charge in [0.25, 0.3) is 0 Å². The summed E-state index contributed by atoms with van der Waals surface area (Å²) in [6, 6.07) is 0.395. The minimum atomic E-state index is -0.175. The van der Waals surface area contributed by atoms with Crippen LogP contribution in [0.3, 0.4) is 0 Å². The van der Waals surface area contributed by atoms with Crippen molar-refractivity contribution in [3.63, 3.8) is 0 Å². The van der Waals surface area contributed by atoms with E-state index < -0.39 is 0 Å². The second-order valence-corrected chi connectivity index (χ2v) is 8.35. The first kappa shape index (κ1) is 23.4. The molecule has 1 aliphatic carbocycles. The van der Waals surface area contributed by atoms with E-state index in [1.807, 2.05) is 5.06 Å². The number of hydroxylamine groups is 2. The highest BCUT2D eigenvalue weighted by Gasteiger charge is 2.21. The largest absolute Gasteiger partial charge is 0.368 e. The lowest BCUT2D eigenvalue weighted by Gasteiger charge is -2.30. The number of carbonyl (C=O) groups is 1. The van der Waals surface area contributed by atoms with Crippen molar-refractivity contribution < 1.29 is 9.63 Å². The van der Waals surface area contributed by atoms with Crippen LogP contribution in [0, 0.1) is 0 Å². The van der Waals surface area contributed by atoms with Crippen LogP contribution in [0.15, 0.2) is 0 Å². The van der Waals surface area contributed by atoms with Gasteiger partial charge in [-0.1, -0.05) is 77.0 Å². The third-order valence-electron chi connectivity index (χ3n) is 5.46. The summed E-state index contributed by atoms with van der Waals surface area (Å²) in [7, 11) is 4.19. The van der Waals surface area contributed by atoms with Crippen molar-refractivity contribution in [2.45, 2.75) is 109 Å². The average Bonchev–Trinajstić information content (AvgIpc) is 2.59. The van der Waals surface area contributed by atoms with E-state index in [9.17, 15) is 4.79 Å². The summed E-state index contributed by atoms with van der Waals surface area (Å²) in [5, 5.41) is 2.02. The Bertz CT molecular complexity index is 331. The van der Waals surface area contributed by atoms with Crippen LogP contribution in [0.5, 0.6) is 0 Å². The molecule has 0 atom stereocenters. The molecule has 0 amide bonds. The summed E-state index contributed by atoms with van der Waals surface area (Å²) in [6.07, 6.45) is 19.7. The number of carbonyl (C=O) groups excluding carboxylic acids is 1. The molecule has 0 radical (unpaired) electrons. The van der Waals surface area contributed by atoms with E-state index in [1.54, 1.807) is 0 Å². The summed E-state index contributed by atoms with van der Waals surface area (Å²) in [4.78, 5) is 19.5. The predicted octanol–water partition coefficient (Wildman–Crippen LogP) is 5.56. The Kier molecular flexibility index (Phi) is 13.9. The van der Waals surface area contributed by atoms with Gasteiger partial charge in [0.1, 0.15) is 0 Å². The lowest BCUT2D eigenvalue weighted by molar-refractivity contribution is -0.201. The minimum Gasteiger partial charge on any atom is -0.368 e. The van der Waals surface area contributed by atoms with Crippen LogP contribution in [0.25, 0.3) is 0 Å². The molecule has 1 aliphatic rings. The minimum absolute atomic E-state index is 0.175. The average molecular weight is 369 g/mol. The monoisotopic (exact) mass is 368 g/mol. The smallest absolute Gasteiger partial charge is 0.322 e. The third kappa shape index (κ3) is 12.7. The molecule has 0 N–H and O–H groups in total. The fourth-order valence-electron chi connectivity index (χ4n) is 3.97. The van der Waals surface area contributed by atoms with Gasteiger partial charge in [0.2, 0.25) is 0 Å². The molecule has 0 spiro atoms. The molecular weight excluding hydrogens is 324 g/mol. The SMILES string of the molecule is CC(=O)ON(CCCN(C)C)C1CCCCCCCCCCCCCC1. The molecule has 1 fully saturated rings. The van der Waals surface area contributed by atoms with E-state index in [4.69, 9.17) is 4.84 Å². The normalized spacial score (nSPS) is 19.9. The highest BCUT2D eigenvalue weighted by Crippen LogP contribution is 2.21. The second-order valence-electron chi connectivity index (χ2n) is 8.35. The van der Waals surface area contributed by atoms with E-state index >= 15 is 0 Å². The van der Waals surface area contributed by atoms with Gasteiger partial charge < -0.3 is 9.74 Å².